The molecule has 1 aliphatic carbocycles. The zero-order chi connectivity index (χ0) is 13.3. The van der Waals surface area contributed by atoms with Crippen LogP contribution in [0.1, 0.15) is 19.8 Å². The summed E-state index contributed by atoms with van der Waals surface area (Å²) in [6, 6.07) is 0. The van der Waals surface area contributed by atoms with Crippen LogP contribution in [0.2, 0.25) is 0 Å². The highest BCUT2D eigenvalue weighted by Gasteiger charge is 2.60. The standard InChI is InChI=1S/C11H15F2NO4/c1-2-17-9(16)11(3-4-11)8(15)14-5-7(6-14)18-10(12)13/h7,10H,2-6H2,1H3. The molecule has 7 heteroatoms. The highest BCUT2D eigenvalue weighted by atomic mass is 19.3. The van der Waals surface area contributed by atoms with Crippen LogP contribution in [0.4, 0.5) is 8.78 Å². The van der Waals surface area contributed by atoms with Crippen LogP contribution in [0.15, 0.2) is 0 Å². The van der Waals surface area contributed by atoms with E-state index in [4.69, 9.17) is 4.74 Å². The molecule has 1 saturated heterocycles. The molecule has 0 aromatic rings. The number of hydrogen-bond donors (Lipinski definition) is 0. The van der Waals surface area contributed by atoms with Crippen molar-refractivity contribution in [3.8, 4) is 0 Å². The lowest BCUT2D eigenvalue weighted by atomic mass is 10.0. The van der Waals surface area contributed by atoms with Gasteiger partial charge in [0.25, 0.3) is 0 Å². The number of ether oxygens (including phenoxy) is 2. The highest BCUT2D eigenvalue weighted by Crippen LogP contribution is 2.49. The molecule has 0 aromatic heterocycles. The molecule has 102 valence electrons. The number of nitrogens with zero attached hydrogens (tertiary/aromatic N) is 1. The number of alkyl halides is 2. The molecule has 0 radical (unpaired) electrons. The SMILES string of the molecule is CCOC(=O)C1(C(=O)N2CC(OC(F)F)C2)CC1. The molecule has 0 spiro atoms. The van der Waals surface area contributed by atoms with Gasteiger partial charge < -0.3 is 14.4 Å². The molecule has 2 aliphatic rings. The Morgan fingerprint density at radius 1 is 1.39 bits per heavy atom. The molecule has 0 aromatic carbocycles. The van der Waals surface area contributed by atoms with Gasteiger partial charge in [0, 0.05) is 13.1 Å². The number of likely N-dealkylation sites (tertiary alicyclic amines) is 1. The van der Waals surface area contributed by atoms with Gasteiger partial charge in [0.15, 0.2) is 0 Å². The first-order chi connectivity index (χ1) is 8.49. The van der Waals surface area contributed by atoms with E-state index in [9.17, 15) is 18.4 Å². The number of esters is 1. The predicted octanol–water partition coefficient (Wildman–Crippen LogP) is 0.780. The predicted molar refractivity (Wildman–Crippen MR) is 55.8 cm³/mol. The van der Waals surface area contributed by atoms with E-state index >= 15 is 0 Å². The zero-order valence-corrected chi connectivity index (χ0v) is 10.0. The molecule has 0 atom stereocenters. The van der Waals surface area contributed by atoms with Gasteiger partial charge in [-0.1, -0.05) is 0 Å². The van der Waals surface area contributed by atoms with Crippen LogP contribution in [0.5, 0.6) is 0 Å². The number of amides is 1. The molecule has 5 nitrogen and oxygen atoms in total. The van der Waals surface area contributed by atoms with Crippen molar-refractivity contribution >= 4 is 11.9 Å². The Hall–Kier alpha value is -1.24. The van der Waals surface area contributed by atoms with Crippen molar-refractivity contribution in [2.45, 2.75) is 32.5 Å². The second kappa shape index (κ2) is 4.79. The number of carbonyl (C=O) groups is 2. The first-order valence-electron chi connectivity index (χ1n) is 5.90. The molecule has 0 bridgehead atoms. The normalized spacial score (nSPS) is 21.7. The van der Waals surface area contributed by atoms with Gasteiger partial charge in [-0.15, -0.1) is 0 Å². The molecule has 1 amide bonds. The summed E-state index contributed by atoms with van der Waals surface area (Å²) in [4.78, 5) is 25.1. The molecule has 18 heavy (non-hydrogen) atoms. The highest BCUT2D eigenvalue weighted by molar-refractivity contribution is 6.05. The van der Waals surface area contributed by atoms with Crippen molar-refractivity contribution in [2.75, 3.05) is 19.7 Å². The number of carbonyl (C=O) groups excluding carboxylic acids is 2. The first kappa shape index (κ1) is 13.2. The van der Waals surface area contributed by atoms with Crippen LogP contribution in [-0.4, -0.2) is 49.2 Å². The number of halogens is 2. The van der Waals surface area contributed by atoms with Gasteiger partial charge in [-0.25, -0.2) is 0 Å². The van der Waals surface area contributed by atoms with Gasteiger partial charge in [-0.3, -0.25) is 9.59 Å². The molecular formula is C11H15F2NO4. The van der Waals surface area contributed by atoms with E-state index in [1.165, 1.54) is 4.90 Å². The number of hydrogen-bond acceptors (Lipinski definition) is 4. The smallest absolute Gasteiger partial charge is 0.345 e. The van der Waals surface area contributed by atoms with Gasteiger partial charge in [0.05, 0.1) is 12.7 Å². The molecule has 0 N–H and O–H groups in total. The van der Waals surface area contributed by atoms with Crippen molar-refractivity contribution in [1.29, 1.82) is 0 Å². The van der Waals surface area contributed by atoms with E-state index in [1.54, 1.807) is 6.92 Å². The monoisotopic (exact) mass is 263 g/mol. The Kier molecular flexibility index (Phi) is 3.52. The summed E-state index contributed by atoms with van der Waals surface area (Å²) in [6.07, 6.45) is 0.315. The van der Waals surface area contributed by atoms with Crippen LogP contribution in [0.3, 0.4) is 0 Å². The Balaban J connectivity index is 1.85. The lowest BCUT2D eigenvalue weighted by molar-refractivity contribution is -0.201. The third-order valence-corrected chi connectivity index (χ3v) is 3.26. The van der Waals surface area contributed by atoms with Crippen molar-refractivity contribution in [1.82, 2.24) is 4.90 Å². The average Bonchev–Trinajstić information content (AvgIpc) is 3.03. The maximum atomic E-state index is 12.0. The Bertz CT molecular complexity index is 351. The van der Waals surface area contributed by atoms with E-state index in [-0.39, 0.29) is 25.6 Å². The van der Waals surface area contributed by atoms with E-state index in [2.05, 4.69) is 4.74 Å². The minimum Gasteiger partial charge on any atom is -0.465 e. The largest absolute Gasteiger partial charge is 0.465 e. The van der Waals surface area contributed by atoms with E-state index in [1.807, 2.05) is 0 Å². The van der Waals surface area contributed by atoms with E-state index < -0.39 is 24.1 Å². The van der Waals surface area contributed by atoms with E-state index in [0.717, 1.165) is 0 Å². The van der Waals surface area contributed by atoms with Gasteiger partial charge in [-0.2, -0.15) is 8.78 Å². The summed E-state index contributed by atoms with van der Waals surface area (Å²) in [7, 11) is 0. The summed E-state index contributed by atoms with van der Waals surface area (Å²) in [5.74, 6) is -0.830. The summed E-state index contributed by atoms with van der Waals surface area (Å²) in [6.45, 7) is -0.694. The first-order valence-corrected chi connectivity index (χ1v) is 5.90. The van der Waals surface area contributed by atoms with Gasteiger partial charge in [0.1, 0.15) is 5.41 Å². The van der Waals surface area contributed by atoms with Crippen LogP contribution < -0.4 is 0 Å². The molecule has 0 unspecified atom stereocenters. The Morgan fingerprint density at radius 3 is 2.44 bits per heavy atom. The summed E-state index contributed by atoms with van der Waals surface area (Å²) in [5, 5.41) is 0. The van der Waals surface area contributed by atoms with Gasteiger partial charge >= 0.3 is 12.6 Å². The van der Waals surface area contributed by atoms with Crippen LogP contribution in [-0.2, 0) is 19.1 Å². The van der Waals surface area contributed by atoms with Gasteiger partial charge in [-0.05, 0) is 19.8 Å². The van der Waals surface area contributed by atoms with E-state index in [0.29, 0.717) is 12.8 Å². The quantitative estimate of drug-likeness (QED) is 0.543. The Morgan fingerprint density at radius 2 is 2.00 bits per heavy atom. The fourth-order valence-corrected chi connectivity index (χ4v) is 2.04. The Labute approximate surface area is 103 Å². The minimum atomic E-state index is -2.83. The second-order valence-electron chi connectivity index (χ2n) is 4.53. The van der Waals surface area contributed by atoms with Crippen molar-refractivity contribution in [3.63, 3.8) is 0 Å². The van der Waals surface area contributed by atoms with Crippen molar-refractivity contribution in [2.24, 2.45) is 5.41 Å². The fraction of sp³-hybridized carbons (Fsp3) is 0.818. The zero-order valence-electron chi connectivity index (χ0n) is 10.0. The third kappa shape index (κ3) is 2.31. The third-order valence-electron chi connectivity index (χ3n) is 3.26. The maximum absolute atomic E-state index is 12.0. The molecule has 2 rings (SSSR count). The fourth-order valence-electron chi connectivity index (χ4n) is 2.04. The van der Waals surface area contributed by atoms with Crippen LogP contribution in [0, 0.1) is 5.41 Å². The topological polar surface area (TPSA) is 55.8 Å². The van der Waals surface area contributed by atoms with Crippen LogP contribution in [0.25, 0.3) is 0 Å². The molecule has 1 aliphatic heterocycles. The lowest BCUT2D eigenvalue weighted by Gasteiger charge is -2.40. The number of rotatable bonds is 5. The van der Waals surface area contributed by atoms with Gasteiger partial charge in [0.2, 0.25) is 5.91 Å². The average molecular weight is 263 g/mol. The lowest BCUT2D eigenvalue weighted by Crippen LogP contribution is -2.58. The molecule has 2 fully saturated rings. The van der Waals surface area contributed by atoms with Crippen LogP contribution >= 0.6 is 0 Å². The van der Waals surface area contributed by atoms with Crippen molar-refractivity contribution < 1.29 is 27.8 Å². The molecule has 1 saturated carbocycles. The summed E-state index contributed by atoms with van der Waals surface area (Å²) in [5.41, 5.74) is -1.05. The maximum Gasteiger partial charge on any atom is 0.345 e. The van der Waals surface area contributed by atoms with Crippen molar-refractivity contribution in [3.05, 3.63) is 0 Å². The molecular weight excluding hydrogens is 248 g/mol. The molecule has 1 heterocycles. The summed E-state index contributed by atoms with van der Waals surface area (Å²) >= 11 is 0. The summed E-state index contributed by atoms with van der Waals surface area (Å²) < 4.78 is 32.9. The minimum absolute atomic E-state index is 0.115. The second-order valence-corrected chi connectivity index (χ2v) is 4.53.